The number of rotatable bonds is 5. The summed E-state index contributed by atoms with van der Waals surface area (Å²) in [6, 6.07) is 4.70. The summed E-state index contributed by atoms with van der Waals surface area (Å²) in [6.07, 6.45) is 2.32. The van der Waals surface area contributed by atoms with Gasteiger partial charge in [-0.15, -0.1) is 0 Å². The van der Waals surface area contributed by atoms with Crippen molar-refractivity contribution >= 4 is 11.7 Å². The van der Waals surface area contributed by atoms with Crippen LogP contribution < -0.4 is 10.9 Å². The number of hydrogen-bond donors (Lipinski definition) is 2. The largest absolute Gasteiger partial charge is 0.378 e. The van der Waals surface area contributed by atoms with Gasteiger partial charge < -0.3 is 19.9 Å². The number of carbonyl (C=O) groups is 1. The number of aromatic amines is 1. The first kappa shape index (κ1) is 18.1. The smallest absolute Gasteiger partial charge is 0.251 e. The van der Waals surface area contributed by atoms with E-state index >= 15 is 0 Å². The number of anilines is 1. The van der Waals surface area contributed by atoms with E-state index in [-0.39, 0.29) is 17.5 Å². The number of H-pyrrole nitrogens is 1. The lowest BCUT2D eigenvalue weighted by atomic mass is 10.2. The molecule has 2 aromatic rings. The van der Waals surface area contributed by atoms with Gasteiger partial charge in [0.2, 0.25) is 5.91 Å². The summed E-state index contributed by atoms with van der Waals surface area (Å²) in [5.74, 6) is 1.11. The summed E-state index contributed by atoms with van der Waals surface area (Å²) in [6.45, 7) is 6.15. The van der Waals surface area contributed by atoms with E-state index in [4.69, 9.17) is 4.74 Å². The van der Waals surface area contributed by atoms with Gasteiger partial charge in [-0.2, -0.15) is 0 Å². The molecule has 1 fully saturated rings. The van der Waals surface area contributed by atoms with E-state index in [0.717, 1.165) is 11.3 Å². The number of hydrogen-bond acceptors (Lipinski definition) is 6. The number of nitrogens with zero attached hydrogens (tertiary/aromatic N) is 3. The lowest BCUT2D eigenvalue weighted by Gasteiger charge is -2.29. The van der Waals surface area contributed by atoms with Gasteiger partial charge in [0.25, 0.3) is 5.56 Å². The molecule has 1 atom stereocenters. The van der Waals surface area contributed by atoms with Crippen molar-refractivity contribution < 1.29 is 9.53 Å². The summed E-state index contributed by atoms with van der Waals surface area (Å²) < 4.78 is 5.27. The molecule has 3 rings (SSSR count). The van der Waals surface area contributed by atoms with Crippen LogP contribution in [-0.4, -0.2) is 58.1 Å². The lowest BCUT2D eigenvalue weighted by Crippen LogP contribution is -2.47. The third-order valence-electron chi connectivity index (χ3n) is 4.25. The Morgan fingerprint density at radius 3 is 2.81 bits per heavy atom. The molecule has 138 valence electrons. The maximum Gasteiger partial charge on any atom is 0.251 e. The second-order valence-electron chi connectivity index (χ2n) is 6.17. The second-order valence-corrected chi connectivity index (χ2v) is 6.17. The number of aryl methyl sites for hydroxylation is 1. The van der Waals surface area contributed by atoms with Gasteiger partial charge in [-0.05, 0) is 25.5 Å². The van der Waals surface area contributed by atoms with Crippen LogP contribution in [0.5, 0.6) is 0 Å². The maximum absolute atomic E-state index is 12.4. The van der Waals surface area contributed by atoms with Crippen LogP contribution >= 0.6 is 0 Å². The Hall–Kier alpha value is -2.74. The molecule has 1 amide bonds. The lowest BCUT2D eigenvalue weighted by molar-refractivity contribution is -0.135. The van der Waals surface area contributed by atoms with Crippen molar-refractivity contribution in [3.05, 3.63) is 40.4 Å². The number of morpholine rings is 1. The first-order valence-corrected chi connectivity index (χ1v) is 8.76. The zero-order chi connectivity index (χ0) is 18.5. The van der Waals surface area contributed by atoms with Gasteiger partial charge >= 0.3 is 0 Å². The number of carbonyl (C=O) groups excluding carboxylic acids is 1. The van der Waals surface area contributed by atoms with Crippen LogP contribution in [0, 0.1) is 0 Å². The van der Waals surface area contributed by atoms with Crippen LogP contribution in [0.1, 0.15) is 19.5 Å². The van der Waals surface area contributed by atoms with Crippen molar-refractivity contribution in [1.29, 1.82) is 0 Å². The van der Waals surface area contributed by atoms with Crippen molar-refractivity contribution in [2.75, 3.05) is 31.6 Å². The summed E-state index contributed by atoms with van der Waals surface area (Å²) in [5.41, 5.74) is 1.27. The number of aromatic nitrogens is 3. The second kappa shape index (κ2) is 8.09. The van der Waals surface area contributed by atoms with Crippen molar-refractivity contribution in [3.8, 4) is 11.4 Å². The molecule has 2 N–H and O–H groups in total. The molecule has 0 spiro atoms. The fourth-order valence-corrected chi connectivity index (χ4v) is 2.79. The van der Waals surface area contributed by atoms with Crippen LogP contribution in [0.15, 0.2) is 29.2 Å². The molecule has 1 aliphatic heterocycles. The Kier molecular flexibility index (Phi) is 5.62. The fraction of sp³-hybridized carbons (Fsp3) is 0.444. The first-order valence-electron chi connectivity index (χ1n) is 8.76. The summed E-state index contributed by atoms with van der Waals surface area (Å²) in [7, 11) is 0. The molecule has 0 saturated carbocycles. The van der Waals surface area contributed by atoms with Gasteiger partial charge in [0.1, 0.15) is 17.7 Å². The molecule has 0 aliphatic carbocycles. The van der Waals surface area contributed by atoms with Crippen molar-refractivity contribution in [2.45, 2.75) is 26.3 Å². The van der Waals surface area contributed by atoms with Crippen LogP contribution in [0.25, 0.3) is 11.4 Å². The molecule has 1 saturated heterocycles. The monoisotopic (exact) mass is 357 g/mol. The van der Waals surface area contributed by atoms with Gasteiger partial charge in [-0.1, -0.05) is 6.92 Å². The SMILES string of the molecule is CCc1cc(=O)[nH]c(-c2ccc(NC(C)C(=O)N3CCOCC3)nc2)n1. The zero-order valence-corrected chi connectivity index (χ0v) is 15.0. The van der Waals surface area contributed by atoms with E-state index in [2.05, 4.69) is 20.3 Å². The van der Waals surface area contributed by atoms with Crippen molar-refractivity contribution in [1.82, 2.24) is 19.9 Å². The molecule has 1 aliphatic rings. The van der Waals surface area contributed by atoms with Crippen LogP contribution in [0.2, 0.25) is 0 Å². The number of pyridine rings is 1. The predicted octanol–water partition coefficient (Wildman–Crippen LogP) is 1.05. The highest BCUT2D eigenvalue weighted by Crippen LogP contribution is 2.16. The highest BCUT2D eigenvalue weighted by atomic mass is 16.5. The van der Waals surface area contributed by atoms with E-state index in [1.807, 2.05) is 19.9 Å². The van der Waals surface area contributed by atoms with Crippen LogP contribution in [-0.2, 0) is 16.0 Å². The molecule has 8 nitrogen and oxygen atoms in total. The molecular weight excluding hydrogens is 334 g/mol. The molecule has 3 heterocycles. The zero-order valence-electron chi connectivity index (χ0n) is 15.0. The summed E-state index contributed by atoms with van der Waals surface area (Å²) in [5, 5.41) is 3.12. The van der Waals surface area contributed by atoms with Gasteiger partial charge in [0.15, 0.2) is 0 Å². The van der Waals surface area contributed by atoms with Gasteiger partial charge in [0, 0.05) is 36.6 Å². The minimum absolute atomic E-state index is 0.0285. The minimum atomic E-state index is -0.382. The van der Waals surface area contributed by atoms with E-state index in [1.165, 1.54) is 6.07 Å². The number of amides is 1. The summed E-state index contributed by atoms with van der Waals surface area (Å²) in [4.78, 5) is 37.4. The molecular formula is C18H23N5O3. The first-order chi connectivity index (χ1) is 12.6. The third-order valence-corrected chi connectivity index (χ3v) is 4.25. The van der Waals surface area contributed by atoms with Crippen molar-refractivity contribution in [2.24, 2.45) is 0 Å². The average Bonchev–Trinajstić information content (AvgIpc) is 2.68. The Labute approximate surface area is 151 Å². The van der Waals surface area contributed by atoms with Crippen molar-refractivity contribution in [3.63, 3.8) is 0 Å². The Morgan fingerprint density at radius 2 is 2.15 bits per heavy atom. The molecule has 8 heteroatoms. The molecule has 0 radical (unpaired) electrons. The standard InChI is InChI=1S/C18H23N5O3/c1-3-14-10-16(24)22-17(21-14)13-4-5-15(19-11-13)20-12(2)18(25)23-6-8-26-9-7-23/h4-5,10-12H,3,6-9H2,1-2H3,(H,19,20)(H,21,22,24). The Morgan fingerprint density at radius 1 is 1.38 bits per heavy atom. The quantitative estimate of drug-likeness (QED) is 0.830. The predicted molar refractivity (Wildman–Crippen MR) is 98.0 cm³/mol. The Bertz CT molecular complexity index is 812. The molecule has 26 heavy (non-hydrogen) atoms. The van der Waals surface area contributed by atoms with Gasteiger partial charge in [-0.3, -0.25) is 9.59 Å². The van der Waals surface area contributed by atoms with Crippen LogP contribution in [0.3, 0.4) is 0 Å². The summed E-state index contributed by atoms with van der Waals surface area (Å²) >= 11 is 0. The number of ether oxygens (including phenoxy) is 1. The van der Waals surface area contributed by atoms with Gasteiger partial charge in [-0.25, -0.2) is 9.97 Å². The molecule has 1 unspecified atom stereocenters. The third kappa shape index (κ3) is 4.26. The highest BCUT2D eigenvalue weighted by Gasteiger charge is 2.22. The number of nitrogens with one attached hydrogen (secondary N) is 2. The average molecular weight is 357 g/mol. The maximum atomic E-state index is 12.4. The fourth-order valence-electron chi connectivity index (χ4n) is 2.79. The topological polar surface area (TPSA) is 100 Å². The Balaban J connectivity index is 1.68. The van der Waals surface area contributed by atoms with E-state index in [9.17, 15) is 9.59 Å². The van der Waals surface area contributed by atoms with Gasteiger partial charge in [0.05, 0.1) is 13.2 Å². The van der Waals surface area contributed by atoms with Crippen LogP contribution in [0.4, 0.5) is 5.82 Å². The van der Waals surface area contributed by atoms with E-state index in [0.29, 0.717) is 44.4 Å². The highest BCUT2D eigenvalue weighted by molar-refractivity contribution is 5.84. The van der Waals surface area contributed by atoms with E-state index < -0.39 is 0 Å². The molecule has 0 aromatic carbocycles. The molecule has 0 bridgehead atoms. The normalized spacial score (nSPS) is 15.5. The minimum Gasteiger partial charge on any atom is -0.378 e. The molecule has 2 aromatic heterocycles. The van der Waals surface area contributed by atoms with E-state index in [1.54, 1.807) is 17.2 Å².